The van der Waals surface area contributed by atoms with Crippen molar-refractivity contribution < 1.29 is 14.3 Å². The zero-order chi connectivity index (χ0) is 16.3. The number of ether oxygens (including phenoxy) is 2. The standard InChI is InChI=1S/C18H26N2O3/c1-22-15-4-2-3-14(9-15)10-16-11-18(13-23-16)5-7-20(8-6-18)17(21)12-19/h2-4,9,16H,5-8,10-13,19H2,1H3. The summed E-state index contributed by atoms with van der Waals surface area (Å²) in [5, 5.41) is 0. The Morgan fingerprint density at radius 3 is 2.91 bits per heavy atom. The summed E-state index contributed by atoms with van der Waals surface area (Å²) < 4.78 is 11.4. The Morgan fingerprint density at radius 1 is 1.43 bits per heavy atom. The largest absolute Gasteiger partial charge is 0.497 e. The number of hydrogen-bond acceptors (Lipinski definition) is 4. The summed E-state index contributed by atoms with van der Waals surface area (Å²) in [6.45, 7) is 2.55. The number of nitrogens with two attached hydrogens (primary N) is 1. The molecule has 5 nitrogen and oxygen atoms in total. The predicted molar refractivity (Wildman–Crippen MR) is 88.4 cm³/mol. The van der Waals surface area contributed by atoms with Crippen LogP contribution in [-0.4, -0.2) is 50.3 Å². The Hall–Kier alpha value is -1.59. The zero-order valence-corrected chi connectivity index (χ0v) is 13.8. The van der Waals surface area contributed by atoms with Crippen molar-refractivity contribution in [2.75, 3.05) is 33.4 Å². The maximum absolute atomic E-state index is 11.7. The Bertz CT molecular complexity index is 553. The van der Waals surface area contributed by atoms with Crippen molar-refractivity contribution in [1.82, 2.24) is 4.90 Å². The van der Waals surface area contributed by atoms with Gasteiger partial charge in [0.25, 0.3) is 0 Å². The van der Waals surface area contributed by atoms with Gasteiger partial charge in [-0.1, -0.05) is 12.1 Å². The van der Waals surface area contributed by atoms with Gasteiger partial charge in [-0.05, 0) is 48.8 Å². The molecule has 0 radical (unpaired) electrons. The van der Waals surface area contributed by atoms with E-state index in [9.17, 15) is 4.79 Å². The van der Waals surface area contributed by atoms with Crippen molar-refractivity contribution in [2.24, 2.45) is 11.1 Å². The minimum atomic E-state index is 0.0618. The fraction of sp³-hybridized carbons (Fsp3) is 0.611. The molecule has 1 spiro atoms. The van der Waals surface area contributed by atoms with Gasteiger partial charge in [-0.15, -0.1) is 0 Å². The summed E-state index contributed by atoms with van der Waals surface area (Å²) >= 11 is 0. The molecule has 2 saturated heterocycles. The summed E-state index contributed by atoms with van der Waals surface area (Å²) in [6, 6.07) is 8.19. The van der Waals surface area contributed by atoms with Gasteiger partial charge in [0.1, 0.15) is 5.75 Å². The molecule has 126 valence electrons. The molecular weight excluding hydrogens is 292 g/mol. The number of carbonyl (C=O) groups excluding carboxylic acids is 1. The molecule has 1 atom stereocenters. The van der Waals surface area contributed by atoms with Crippen LogP contribution in [0, 0.1) is 5.41 Å². The number of nitrogens with zero attached hydrogens (tertiary/aromatic N) is 1. The monoisotopic (exact) mass is 318 g/mol. The van der Waals surface area contributed by atoms with E-state index in [1.807, 2.05) is 17.0 Å². The van der Waals surface area contributed by atoms with Gasteiger partial charge in [0.15, 0.2) is 0 Å². The molecule has 1 aromatic carbocycles. The highest BCUT2D eigenvalue weighted by molar-refractivity contribution is 5.78. The van der Waals surface area contributed by atoms with E-state index in [0.29, 0.717) is 0 Å². The van der Waals surface area contributed by atoms with E-state index in [4.69, 9.17) is 15.2 Å². The van der Waals surface area contributed by atoms with Gasteiger partial charge in [-0.3, -0.25) is 4.79 Å². The average Bonchev–Trinajstić information content (AvgIpc) is 2.97. The van der Waals surface area contributed by atoms with Crippen molar-refractivity contribution >= 4 is 5.91 Å². The topological polar surface area (TPSA) is 64.8 Å². The van der Waals surface area contributed by atoms with Crippen LogP contribution >= 0.6 is 0 Å². The fourth-order valence-corrected chi connectivity index (χ4v) is 3.80. The summed E-state index contributed by atoms with van der Waals surface area (Å²) in [7, 11) is 1.69. The highest BCUT2D eigenvalue weighted by atomic mass is 16.5. The smallest absolute Gasteiger partial charge is 0.236 e. The molecule has 2 heterocycles. The van der Waals surface area contributed by atoms with E-state index in [2.05, 4.69) is 12.1 Å². The molecule has 23 heavy (non-hydrogen) atoms. The van der Waals surface area contributed by atoms with Crippen LogP contribution in [-0.2, 0) is 16.0 Å². The molecule has 1 unspecified atom stereocenters. The lowest BCUT2D eigenvalue weighted by Gasteiger charge is -2.38. The zero-order valence-electron chi connectivity index (χ0n) is 13.8. The SMILES string of the molecule is COc1cccc(CC2CC3(CCN(C(=O)CN)CC3)CO2)c1. The maximum atomic E-state index is 11.7. The molecule has 0 saturated carbocycles. The van der Waals surface area contributed by atoms with Gasteiger partial charge in [0, 0.05) is 13.1 Å². The number of likely N-dealkylation sites (tertiary alicyclic amines) is 1. The third-order valence-electron chi connectivity index (χ3n) is 5.23. The first kappa shape index (κ1) is 16.3. The van der Waals surface area contributed by atoms with Gasteiger partial charge in [0.2, 0.25) is 5.91 Å². The number of rotatable bonds is 4. The van der Waals surface area contributed by atoms with Gasteiger partial charge in [-0.25, -0.2) is 0 Å². The predicted octanol–water partition coefficient (Wildman–Crippen LogP) is 1.59. The number of piperidine rings is 1. The second-order valence-electron chi connectivity index (χ2n) is 6.78. The minimum Gasteiger partial charge on any atom is -0.497 e. The average molecular weight is 318 g/mol. The van der Waals surface area contributed by atoms with E-state index in [0.717, 1.165) is 51.1 Å². The Labute approximate surface area is 137 Å². The Kier molecular flexibility index (Phi) is 4.87. The number of hydrogen-bond donors (Lipinski definition) is 1. The molecular formula is C18H26N2O3. The van der Waals surface area contributed by atoms with E-state index < -0.39 is 0 Å². The molecule has 0 bridgehead atoms. The van der Waals surface area contributed by atoms with Gasteiger partial charge in [-0.2, -0.15) is 0 Å². The Morgan fingerprint density at radius 2 is 2.22 bits per heavy atom. The van der Waals surface area contributed by atoms with E-state index >= 15 is 0 Å². The summed E-state index contributed by atoms with van der Waals surface area (Å²) in [5.41, 5.74) is 6.95. The van der Waals surface area contributed by atoms with Crippen LogP contribution in [0.3, 0.4) is 0 Å². The summed E-state index contributed by atoms with van der Waals surface area (Å²) in [5.74, 6) is 0.954. The quantitative estimate of drug-likeness (QED) is 0.916. The molecule has 0 aliphatic carbocycles. The summed E-state index contributed by atoms with van der Waals surface area (Å²) in [6.07, 6.45) is 4.30. The van der Waals surface area contributed by atoms with Crippen LogP contribution in [0.4, 0.5) is 0 Å². The van der Waals surface area contributed by atoms with Crippen LogP contribution in [0.5, 0.6) is 5.75 Å². The Balaban J connectivity index is 1.55. The van der Waals surface area contributed by atoms with Gasteiger partial charge >= 0.3 is 0 Å². The van der Waals surface area contributed by atoms with E-state index in [-0.39, 0.29) is 24.0 Å². The number of methoxy groups -OCH3 is 1. The third kappa shape index (κ3) is 3.67. The van der Waals surface area contributed by atoms with Gasteiger partial charge in [0.05, 0.1) is 26.4 Å². The number of carbonyl (C=O) groups is 1. The fourth-order valence-electron chi connectivity index (χ4n) is 3.80. The number of amides is 1. The van der Waals surface area contributed by atoms with E-state index in [1.54, 1.807) is 7.11 Å². The van der Waals surface area contributed by atoms with Crippen LogP contribution in [0.15, 0.2) is 24.3 Å². The third-order valence-corrected chi connectivity index (χ3v) is 5.23. The van der Waals surface area contributed by atoms with Crippen molar-refractivity contribution in [1.29, 1.82) is 0 Å². The normalized spacial score (nSPS) is 23.2. The van der Waals surface area contributed by atoms with Crippen LogP contribution in [0.2, 0.25) is 0 Å². The first-order valence-corrected chi connectivity index (χ1v) is 8.36. The molecule has 2 fully saturated rings. The molecule has 5 heteroatoms. The lowest BCUT2D eigenvalue weighted by molar-refractivity contribution is -0.132. The second kappa shape index (κ2) is 6.89. The van der Waals surface area contributed by atoms with Crippen LogP contribution in [0.1, 0.15) is 24.8 Å². The van der Waals surface area contributed by atoms with Crippen LogP contribution in [0.25, 0.3) is 0 Å². The lowest BCUT2D eigenvalue weighted by atomic mass is 9.76. The minimum absolute atomic E-state index is 0.0618. The molecule has 1 amide bonds. The number of benzene rings is 1. The summed E-state index contributed by atoms with van der Waals surface area (Å²) in [4.78, 5) is 13.6. The molecule has 2 aliphatic heterocycles. The van der Waals surface area contributed by atoms with Crippen molar-refractivity contribution in [3.8, 4) is 5.75 Å². The van der Waals surface area contributed by atoms with Crippen molar-refractivity contribution in [3.63, 3.8) is 0 Å². The molecule has 0 aromatic heterocycles. The van der Waals surface area contributed by atoms with Crippen molar-refractivity contribution in [2.45, 2.75) is 31.8 Å². The molecule has 3 rings (SSSR count). The lowest BCUT2D eigenvalue weighted by Crippen LogP contribution is -2.45. The maximum Gasteiger partial charge on any atom is 0.236 e. The molecule has 2 aliphatic rings. The highest BCUT2D eigenvalue weighted by Gasteiger charge is 2.42. The van der Waals surface area contributed by atoms with E-state index in [1.165, 1.54) is 5.56 Å². The van der Waals surface area contributed by atoms with Crippen LogP contribution < -0.4 is 10.5 Å². The first-order valence-electron chi connectivity index (χ1n) is 8.36. The molecule has 2 N–H and O–H groups in total. The first-order chi connectivity index (χ1) is 11.1. The second-order valence-corrected chi connectivity index (χ2v) is 6.78. The van der Waals surface area contributed by atoms with Crippen molar-refractivity contribution in [3.05, 3.63) is 29.8 Å². The highest BCUT2D eigenvalue weighted by Crippen LogP contribution is 2.42. The van der Waals surface area contributed by atoms with Gasteiger partial charge < -0.3 is 20.1 Å². The molecule has 1 aromatic rings.